The summed E-state index contributed by atoms with van der Waals surface area (Å²) in [5, 5.41) is 23.7. The smallest absolute Gasteiger partial charge is 0.264 e. The summed E-state index contributed by atoms with van der Waals surface area (Å²) in [7, 11) is -3.29. The summed E-state index contributed by atoms with van der Waals surface area (Å²) in [5.74, 6) is -0.629. The maximum Gasteiger partial charge on any atom is 0.264 e. The Hall–Kier alpha value is -3.45. The van der Waals surface area contributed by atoms with Gasteiger partial charge in [-0.2, -0.15) is 0 Å². The zero-order valence-corrected chi connectivity index (χ0v) is 26.5. The van der Waals surface area contributed by atoms with E-state index in [9.17, 15) is 14.7 Å². The number of nitrogens with zero attached hydrogens (tertiary/aromatic N) is 4. The molecule has 44 heavy (non-hydrogen) atoms. The highest BCUT2D eigenvalue weighted by atomic mass is 28.4. The van der Waals surface area contributed by atoms with Crippen LogP contribution in [0.2, 0.25) is 18.6 Å². The normalized spacial score (nSPS) is 26.5. The van der Waals surface area contributed by atoms with Gasteiger partial charge in [-0.05, 0) is 62.7 Å². The molecule has 2 aromatic carbocycles. The van der Waals surface area contributed by atoms with Crippen molar-refractivity contribution in [2.75, 3.05) is 23.4 Å². The van der Waals surface area contributed by atoms with Crippen LogP contribution in [0.1, 0.15) is 43.0 Å². The molecule has 12 heteroatoms. The molecule has 0 aliphatic carbocycles. The van der Waals surface area contributed by atoms with Crippen LogP contribution in [0.5, 0.6) is 0 Å². The third kappa shape index (κ3) is 5.60. The first-order chi connectivity index (χ1) is 21.1. The van der Waals surface area contributed by atoms with E-state index in [1.165, 1.54) is 0 Å². The molecule has 2 saturated heterocycles. The van der Waals surface area contributed by atoms with E-state index in [1.807, 2.05) is 55.5 Å². The highest BCUT2D eigenvalue weighted by molar-refractivity contribution is 6.72. The maximum atomic E-state index is 16.1. The largest absolute Gasteiger partial charge is 0.396 e. The predicted octanol–water partition coefficient (Wildman–Crippen LogP) is 3.92. The van der Waals surface area contributed by atoms with Crippen LogP contribution in [-0.2, 0) is 39.4 Å². The van der Waals surface area contributed by atoms with Crippen molar-refractivity contribution in [1.82, 2.24) is 20.3 Å². The number of ether oxygens (including phenoxy) is 1. The summed E-state index contributed by atoms with van der Waals surface area (Å²) in [5.41, 5.74) is 2.06. The molecule has 0 saturated carbocycles. The number of benzene rings is 2. The van der Waals surface area contributed by atoms with Gasteiger partial charge in [-0.25, -0.2) is 0 Å². The Morgan fingerprint density at radius 1 is 1.25 bits per heavy atom. The number of hydrogen-bond donors (Lipinski definition) is 3. The van der Waals surface area contributed by atoms with Crippen molar-refractivity contribution in [3.63, 3.8) is 0 Å². The lowest BCUT2D eigenvalue weighted by atomic mass is 9.82. The van der Waals surface area contributed by atoms with Gasteiger partial charge in [0.1, 0.15) is 0 Å². The van der Waals surface area contributed by atoms with Crippen molar-refractivity contribution in [2.24, 2.45) is 5.92 Å². The summed E-state index contributed by atoms with van der Waals surface area (Å²) >= 11 is 0. The van der Waals surface area contributed by atoms with Gasteiger partial charge in [0.2, 0.25) is 14.3 Å². The van der Waals surface area contributed by atoms with Gasteiger partial charge >= 0.3 is 0 Å². The average molecular weight is 621 g/mol. The molecule has 1 aromatic heterocycles. The molecule has 5 atom stereocenters. The summed E-state index contributed by atoms with van der Waals surface area (Å²) in [6.07, 6.45) is 3.99. The van der Waals surface area contributed by atoms with Crippen molar-refractivity contribution in [2.45, 2.75) is 82.1 Å². The van der Waals surface area contributed by atoms with Crippen molar-refractivity contribution in [3.8, 4) is 0 Å². The van der Waals surface area contributed by atoms with E-state index >= 15 is 4.11 Å². The lowest BCUT2D eigenvalue weighted by Gasteiger charge is -2.31. The molecule has 6 rings (SSSR count). The number of aliphatic hydroxyl groups excluding tert-OH is 1. The average Bonchev–Trinajstić information content (AvgIpc) is 3.77. The Kier molecular flexibility index (Phi) is 8.44. The fraction of sp³-hybridized carbons (Fsp3) is 0.500. The minimum Gasteiger partial charge on any atom is -0.396 e. The zero-order valence-electron chi connectivity index (χ0n) is 25.5. The molecule has 234 valence electrons. The molecule has 1 spiro atoms. The zero-order chi connectivity index (χ0) is 31.1. The second kappa shape index (κ2) is 12.1. The van der Waals surface area contributed by atoms with E-state index in [1.54, 1.807) is 28.9 Å². The van der Waals surface area contributed by atoms with E-state index < -0.39 is 25.7 Å². The molecule has 0 bridgehead atoms. The number of para-hydroxylation sites is 1. The third-order valence-electron chi connectivity index (χ3n) is 9.38. The summed E-state index contributed by atoms with van der Waals surface area (Å²) < 4.78 is 24.6. The number of anilines is 2. The van der Waals surface area contributed by atoms with E-state index in [2.05, 4.69) is 20.9 Å². The number of nitrogens with one attached hydrogen (secondary N) is 2. The second-order valence-electron chi connectivity index (χ2n) is 12.8. The fourth-order valence-corrected chi connectivity index (χ4v) is 9.97. The first-order valence-corrected chi connectivity index (χ1v) is 18.5. The van der Waals surface area contributed by atoms with Crippen LogP contribution in [0.25, 0.3) is 0 Å². The van der Waals surface area contributed by atoms with Crippen LogP contribution in [0.15, 0.2) is 54.7 Å². The Labute approximate surface area is 258 Å². The first-order valence-electron chi connectivity index (χ1n) is 15.5. The van der Waals surface area contributed by atoms with Gasteiger partial charge in [-0.15, -0.1) is 5.10 Å². The number of aryl methyl sites for hydroxylation is 1. The number of halogens is 1. The van der Waals surface area contributed by atoms with Crippen LogP contribution in [0, 0.1) is 5.92 Å². The number of aromatic nitrogens is 3. The monoisotopic (exact) mass is 620 g/mol. The van der Waals surface area contributed by atoms with E-state index in [4.69, 9.17) is 4.74 Å². The van der Waals surface area contributed by atoms with Gasteiger partial charge in [0, 0.05) is 48.5 Å². The third-order valence-corrected chi connectivity index (χ3v) is 11.8. The number of amides is 2. The minimum atomic E-state index is -3.29. The molecule has 3 aromatic rings. The molecule has 10 nitrogen and oxygen atoms in total. The lowest BCUT2D eigenvalue weighted by molar-refractivity contribution is -0.146. The highest BCUT2D eigenvalue weighted by Gasteiger charge is 2.66. The van der Waals surface area contributed by atoms with E-state index in [0.717, 1.165) is 36.2 Å². The summed E-state index contributed by atoms with van der Waals surface area (Å²) in [4.78, 5) is 29.0. The molecule has 3 N–H and O–H groups in total. The van der Waals surface area contributed by atoms with Gasteiger partial charge in [-0.3, -0.25) is 14.3 Å². The number of rotatable bonds is 10. The molecule has 4 heterocycles. The Morgan fingerprint density at radius 2 is 2.07 bits per heavy atom. The second-order valence-corrected chi connectivity index (χ2v) is 16.5. The lowest BCUT2D eigenvalue weighted by Crippen LogP contribution is -2.45. The Balaban J connectivity index is 1.26. The van der Waals surface area contributed by atoms with Gasteiger partial charge in [0.25, 0.3) is 5.91 Å². The maximum absolute atomic E-state index is 16.1. The van der Waals surface area contributed by atoms with Crippen LogP contribution in [0.4, 0.5) is 15.5 Å². The molecular weight excluding hydrogens is 579 g/mol. The number of fused-ring (bicyclic) bond motifs is 2. The van der Waals surface area contributed by atoms with Crippen molar-refractivity contribution < 1.29 is 23.5 Å². The summed E-state index contributed by atoms with van der Waals surface area (Å²) in [6, 6.07) is 15.0. The molecule has 3 aliphatic heterocycles. The SMILES string of the molecule is C[C@@H]1[C@@H]([Si](C)(C)F)[C@H](CCn2cc(CCO)nn2)O[C@@]12C(=O)N(Cc1cccc(NC(=O)[C@H]3CCCN3)c1)c1ccccc12. The summed E-state index contributed by atoms with van der Waals surface area (Å²) in [6.45, 7) is 6.93. The molecule has 2 fully saturated rings. The fourth-order valence-electron chi connectivity index (χ4n) is 7.43. The molecule has 2 amide bonds. The van der Waals surface area contributed by atoms with Crippen LogP contribution in [-0.4, -0.2) is 65.6 Å². The Morgan fingerprint density at radius 3 is 2.82 bits per heavy atom. The minimum absolute atomic E-state index is 0.0108. The topological polar surface area (TPSA) is 122 Å². The molecule has 0 radical (unpaired) electrons. The van der Waals surface area contributed by atoms with Crippen molar-refractivity contribution >= 4 is 31.6 Å². The van der Waals surface area contributed by atoms with Crippen molar-refractivity contribution in [1.29, 1.82) is 0 Å². The van der Waals surface area contributed by atoms with Gasteiger partial charge in [-0.1, -0.05) is 42.5 Å². The van der Waals surface area contributed by atoms with Gasteiger partial charge in [0.05, 0.1) is 30.1 Å². The van der Waals surface area contributed by atoms with Crippen LogP contribution in [0.3, 0.4) is 0 Å². The molecular formula is C32H41FN6O4Si. The quantitative estimate of drug-likeness (QED) is 0.232. The van der Waals surface area contributed by atoms with Crippen molar-refractivity contribution in [3.05, 3.63) is 71.5 Å². The van der Waals surface area contributed by atoms with Gasteiger partial charge < -0.3 is 29.5 Å². The number of aliphatic hydroxyl groups is 1. The molecule has 0 unspecified atom stereocenters. The van der Waals surface area contributed by atoms with Crippen LogP contribution < -0.4 is 15.5 Å². The van der Waals surface area contributed by atoms with Crippen LogP contribution >= 0.6 is 0 Å². The predicted molar refractivity (Wildman–Crippen MR) is 167 cm³/mol. The molecule has 3 aliphatic rings. The standard InChI is InChI=1S/C32H41FN6O4Si/c1-21-29(44(2,3)33)28(13-16-38-20-24(14-17-40)36-37-38)43-32(21)25-10-4-5-12-27(25)39(31(32)42)19-22-8-6-9-23(18-22)35-30(41)26-11-7-15-34-26/h4-6,8-10,12,18,20-21,26,28-29,34,40H,7,11,13-17,19H2,1-3H3,(H,35,41)/t21-,26-,28+,29-,32+/m1/s1. The Bertz CT molecular complexity index is 1520. The number of hydrogen-bond acceptors (Lipinski definition) is 7. The van der Waals surface area contributed by atoms with E-state index in [-0.39, 0.29) is 36.9 Å². The van der Waals surface area contributed by atoms with E-state index in [0.29, 0.717) is 30.8 Å². The first kappa shape index (κ1) is 30.6. The number of carbonyl (C=O) groups is 2. The van der Waals surface area contributed by atoms with Gasteiger partial charge in [0.15, 0.2) is 5.60 Å². The highest BCUT2D eigenvalue weighted by Crippen LogP contribution is 2.60. The number of carbonyl (C=O) groups excluding carboxylic acids is 2.